The number of ether oxygens (including phenoxy) is 1. The first kappa shape index (κ1) is 10.3. The molecule has 1 aromatic carbocycles. The summed E-state index contributed by atoms with van der Waals surface area (Å²) in [6, 6.07) is 6.88. The van der Waals surface area contributed by atoms with Gasteiger partial charge in [-0.15, -0.1) is 0 Å². The van der Waals surface area contributed by atoms with Gasteiger partial charge in [0.05, 0.1) is 12.7 Å². The maximum absolute atomic E-state index is 12.8. The van der Waals surface area contributed by atoms with Gasteiger partial charge >= 0.3 is 0 Å². The van der Waals surface area contributed by atoms with Crippen LogP contribution in [0.15, 0.2) is 24.3 Å². The molecule has 2 fully saturated rings. The third-order valence-electron chi connectivity index (χ3n) is 4.21. The van der Waals surface area contributed by atoms with Crippen LogP contribution in [-0.4, -0.2) is 12.7 Å². The van der Waals surface area contributed by atoms with E-state index in [1.807, 2.05) is 12.1 Å². The van der Waals surface area contributed by atoms with Gasteiger partial charge in [0.15, 0.2) is 0 Å². The van der Waals surface area contributed by atoms with Gasteiger partial charge < -0.3 is 4.74 Å². The average molecular weight is 220 g/mol. The Kier molecular flexibility index (Phi) is 2.28. The number of benzene rings is 1. The third kappa shape index (κ3) is 1.56. The van der Waals surface area contributed by atoms with Crippen molar-refractivity contribution in [2.75, 3.05) is 6.61 Å². The minimum Gasteiger partial charge on any atom is -0.377 e. The van der Waals surface area contributed by atoms with E-state index < -0.39 is 0 Å². The maximum atomic E-state index is 12.8. The number of rotatable bonds is 2. The lowest BCUT2D eigenvalue weighted by molar-refractivity contribution is -0.173. The zero-order chi connectivity index (χ0) is 11.2. The quantitative estimate of drug-likeness (QED) is 0.743. The summed E-state index contributed by atoms with van der Waals surface area (Å²) in [5, 5.41) is 0. The molecule has 16 heavy (non-hydrogen) atoms. The van der Waals surface area contributed by atoms with Gasteiger partial charge in [0.2, 0.25) is 0 Å². The second kappa shape index (κ2) is 3.56. The molecule has 1 aromatic rings. The summed E-state index contributed by atoms with van der Waals surface area (Å²) >= 11 is 0. The molecule has 0 radical (unpaired) electrons. The van der Waals surface area contributed by atoms with Crippen LogP contribution in [0, 0.1) is 17.2 Å². The summed E-state index contributed by atoms with van der Waals surface area (Å²) in [5.74, 6) is 0.476. The minimum atomic E-state index is -0.153. The fourth-order valence-electron chi connectivity index (χ4n) is 3.18. The van der Waals surface area contributed by atoms with Gasteiger partial charge in [0, 0.05) is 5.41 Å². The van der Waals surface area contributed by atoms with Crippen molar-refractivity contribution in [2.45, 2.75) is 32.3 Å². The van der Waals surface area contributed by atoms with Crippen molar-refractivity contribution in [3.05, 3.63) is 35.6 Å². The van der Waals surface area contributed by atoms with E-state index in [1.54, 1.807) is 12.1 Å². The number of hydrogen-bond donors (Lipinski definition) is 0. The summed E-state index contributed by atoms with van der Waals surface area (Å²) in [4.78, 5) is 0. The van der Waals surface area contributed by atoms with Crippen molar-refractivity contribution in [1.29, 1.82) is 0 Å². The van der Waals surface area contributed by atoms with Crippen LogP contribution in [0.4, 0.5) is 4.39 Å². The molecule has 1 saturated heterocycles. The first-order valence-corrected chi connectivity index (χ1v) is 6.03. The van der Waals surface area contributed by atoms with E-state index in [0.717, 1.165) is 13.0 Å². The summed E-state index contributed by atoms with van der Waals surface area (Å²) in [6.45, 7) is 3.25. The molecule has 0 amide bonds. The van der Waals surface area contributed by atoms with E-state index >= 15 is 0 Å². The fraction of sp³-hybridized carbons (Fsp3) is 0.571. The molecular weight excluding hydrogens is 203 g/mol. The summed E-state index contributed by atoms with van der Waals surface area (Å²) in [6.07, 6.45) is 4.00. The molecule has 0 aromatic heterocycles. The van der Waals surface area contributed by atoms with Gasteiger partial charge in [-0.05, 0) is 42.9 Å². The Morgan fingerprint density at radius 2 is 2.12 bits per heavy atom. The van der Waals surface area contributed by atoms with Crippen molar-refractivity contribution in [2.24, 2.45) is 11.3 Å². The first-order chi connectivity index (χ1) is 7.67. The van der Waals surface area contributed by atoms with Crippen LogP contribution < -0.4 is 0 Å². The standard InChI is InChI=1S/C14H17FO/c1-14-7-6-11(13(14)16-9-14)8-10-2-4-12(15)5-3-10/h2-5,11,13H,6-9H2,1H3. The average Bonchev–Trinajstić information content (AvgIpc) is 2.46. The highest BCUT2D eigenvalue weighted by Crippen LogP contribution is 2.51. The first-order valence-electron chi connectivity index (χ1n) is 6.03. The number of fused-ring (bicyclic) bond motifs is 1. The molecular formula is C14H17FO. The van der Waals surface area contributed by atoms with Gasteiger partial charge in [-0.25, -0.2) is 4.39 Å². The van der Waals surface area contributed by atoms with Crippen molar-refractivity contribution < 1.29 is 9.13 Å². The summed E-state index contributed by atoms with van der Waals surface area (Å²) < 4.78 is 18.5. The van der Waals surface area contributed by atoms with Crippen LogP contribution in [0.1, 0.15) is 25.3 Å². The molecule has 1 nitrogen and oxygen atoms in total. The zero-order valence-electron chi connectivity index (χ0n) is 9.58. The largest absolute Gasteiger partial charge is 0.377 e. The molecule has 2 aliphatic rings. The molecule has 1 saturated carbocycles. The molecule has 0 N–H and O–H groups in total. The predicted octanol–water partition coefficient (Wildman–Crippen LogP) is 3.18. The lowest BCUT2D eigenvalue weighted by Crippen LogP contribution is -2.48. The molecule has 1 aliphatic heterocycles. The molecule has 3 atom stereocenters. The summed E-state index contributed by atoms with van der Waals surface area (Å²) in [7, 11) is 0. The van der Waals surface area contributed by atoms with Gasteiger partial charge in [-0.1, -0.05) is 19.1 Å². The molecule has 0 bridgehead atoms. The van der Waals surface area contributed by atoms with Crippen LogP contribution in [0.5, 0.6) is 0 Å². The van der Waals surface area contributed by atoms with Gasteiger partial charge in [-0.3, -0.25) is 0 Å². The highest BCUT2D eigenvalue weighted by Gasteiger charge is 2.52. The van der Waals surface area contributed by atoms with Crippen LogP contribution in [0.25, 0.3) is 0 Å². The van der Waals surface area contributed by atoms with E-state index in [-0.39, 0.29) is 5.82 Å². The number of hydrogen-bond acceptors (Lipinski definition) is 1. The molecule has 0 spiro atoms. The maximum Gasteiger partial charge on any atom is 0.123 e. The van der Waals surface area contributed by atoms with Crippen molar-refractivity contribution in [3.8, 4) is 0 Å². The summed E-state index contributed by atoms with van der Waals surface area (Å²) in [5.41, 5.74) is 1.66. The Hall–Kier alpha value is -0.890. The second-order valence-electron chi connectivity index (χ2n) is 5.51. The Labute approximate surface area is 95.6 Å². The van der Waals surface area contributed by atoms with Gasteiger partial charge in [-0.2, -0.15) is 0 Å². The van der Waals surface area contributed by atoms with E-state index in [2.05, 4.69) is 6.92 Å². The molecule has 86 valence electrons. The normalized spacial score (nSPS) is 36.9. The Balaban J connectivity index is 1.70. The molecule has 3 rings (SSSR count). The second-order valence-corrected chi connectivity index (χ2v) is 5.51. The van der Waals surface area contributed by atoms with E-state index in [4.69, 9.17) is 4.74 Å². The van der Waals surface area contributed by atoms with Gasteiger partial charge in [0.1, 0.15) is 5.82 Å². The van der Waals surface area contributed by atoms with Crippen LogP contribution >= 0.6 is 0 Å². The lowest BCUT2D eigenvalue weighted by Gasteiger charge is -2.44. The number of halogens is 1. The van der Waals surface area contributed by atoms with Crippen LogP contribution in [0.3, 0.4) is 0 Å². The third-order valence-corrected chi connectivity index (χ3v) is 4.21. The minimum absolute atomic E-state index is 0.153. The Bertz CT molecular complexity index is 386. The van der Waals surface area contributed by atoms with E-state index in [0.29, 0.717) is 17.4 Å². The monoisotopic (exact) mass is 220 g/mol. The van der Waals surface area contributed by atoms with Crippen molar-refractivity contribution >= 4 is 0 Å². The highest BCUT2D eigenvalue weighted by atomic mass is 19.1. The molecule has 1 heterocycles. The van der Waals surface area contributed by atoms with Crippen LogP contribution in [-0.2, 0) is 11.2 Å². The smallest absolute Gasteiger partial charge is 0.123 e. The van der Waals surface area contributed by atoms with Crippen molar-refractivity contribution in [3.63, 3.8) is 0 Å². The van der Waals surface area contributed by atoms with Crippen molar-refractivity contribution in [1.82, 2.24) is 0 Å². The molecule has 3 unspecified atom stereocenters. The van der Waals surface area contributed by atoms with Crippen LogP contribution in [0.2, 0.25) is 0 Å². The van der Waals surface area contributed by atoms with E-state index in [9.17, 15) is 4.39 Å². The molecule has 1 aliphatic carbocycles. The Morgan fingerprint density at radius 1 is 1.38 bits per heavy atom. The Morgan fingerprint density at radius 3 is 2.69 bits per heavy atom. The topological polar surface area (TPSA) is 9.23 Å². The zero-order valence-corrected chi connectivity index (χ0v) is 9.58. The predicted molar refractivity (Wildman–Crippen MR) is 60.7 cm³/mol. The van der Waals surface area contributed by atoms with Gasteiger partial charge in [0.25, 0.3) is 0 Å². The SMILES string of the molecule is CC12CCC(Cc3ccc(F)cc3)C1OC2. The lowest BCUT2D eigenvalue weighted by atomic mass is 9.80. The van der Waals surface area contributed by atoms with E-state index in [1.165, 1.54) is 18.4 Å². The fourth-order valence-corrected chi connectivity index (χ4v) is 3.18. The molecule has 2 heteroatoms. The highest BCUT2D eigenvalue weighted by molar-refractivity contribution is 5.18.